The van der Waals surface area contributed by atoms with Crippen molar-refractivity contribution in [2.75, 3.05) is 6.61 Å². The minimum absolute atomic E-state index is 0.153. The maximum absolute atomic E-state index is 13.3. The van der Waals surface area contributed by atoms with Gasteiger partial charge in [0.15, 0.2) is 0 Å². The van der Waals surface area contributed by atoms with Gasteiger partial charge in [-0.25, -0.2) is 14.5 Å². The normalized spacial score (nSPS) is 25.0. The van der Waals surface area contributed by atoms with Gasteiger partial charge in [0, 0.05) is 12.4 Å². The largest absolute Gasteiger partial charge is 0.447 e. The molecule has 3 amide bonds. The molecule has 2 saturated heterocycles. The van der Waals surface area contributed by atoms with E-state index < -0.39 is 30.2 Å². The van der Waals surface area contributed by atoms with E-state index in [1.165, 1.54) is 9.80 Å². The molecule has 3 atom stereocenters. The van der Waals surface area contributed by atoms with Crippen LogP contribution in [-0.2, 0) is 14.3 Å². The predicted molar refractivity (Wildman–Crippen MR) is 123 cm³/mol. The van der Waals surface area contributed by atoms with Crippen LogP contribution < -0.4 is 0 Å². The number of imide groups is 1. The van der Waals surface area contributed by atoms with Crippen molar-refractivity contribution in [3.8, 4) is 0 Å². The molecule has 0 spiro atoms. The molecule has 0 unspecified atom stereocenters. The van der Waals surface area contributed by atoms with Gasteiger partial charge in [-0.3, -0.25) is 14.7 Å². The fraction of sp³-hybridized carbons (Fsp3) is 0.385. The fourth-order valence-corrected chi connectivity index (χ4v) is 4.99. The molecular weight excluding hydrogens is 434 g/mol. The highest BCUT2D eigenvalue weighted by molar-refractivity contribution is 6.03. The van der Waals surface area contributed by atoms with E-state index in [-0.39, 0.29) is 18.8 Å². The van der Waals surface area contributed by atoms with Crippen LogP contribution >= 0.6 is 0 Å². The summed E-state index contributed by atoms with van der Waals surface area (Å²) < 4.78 is 11.0. The molecule has 3 aliphatic rings. The molecule has 176 valence electrons. The van der Waals surface area contributed by atoms with Crippen molar-refractivity contribution < 1.29 is 23.9 Å². The van der Waals surface area contributed by atoms with Gasteiger partial charge in [-0.1, -0.05) is 48.6 Å². The molecule has 1 aromatic carbocycles. The Morgan fingerprint density at radius 3 is 2.65 bits per heavy atom. The van der Waals surface area contributed by atoms with Crippen molar-refractivity contribution in [3.05, 3.63) is 72.1 Å². The summed E-state index contributed by atoms with van der Waals surface area (Å²) in [6, 6.07) is 11.5. The summed E-state index contributed by atoms with van der Waals surface area (Å²) in [5.74, 6) is -0.428. The van der Waals surface area contributed by atoms with E-state index in [4.69, 9.17) is 9.47 Å². The van der Waals surface area contributed by atoms with E-state index in [0.29, 0.717) is 6.42 Å². The quantitative estimate of drug-likeness (QED) is 0.595. The molecule has 3 heterocycles. The van der Waals surface area contributed by atoms with Gasteiger partial charge in [0.25, 0.3) is 5.91 Å². The van der Waals surface area contributed by atoms with Crippen LogP contribution in [-0.4, -0.2) is 57.7 Å². The molecule has 2 aliphatic heterocycles. The first-order valence-corrected chi connectivity index (χ1v) is 11.7. The van der Waals surface area contributed by atoms with Gasteiger partial charge in [0.1, 0.15) is 18.8 Å². The molecule has 2 aromatic rings. The molecule has 1 saturated carbocycles. The lowest BCUT2D eigenvalue weighted by atomic mass is 9.89. The first-order chi connectivity index (χ1) is 16.6. The average Bonchev–Trinajstić information content (AvgIpc) is 3.50. The number of cyclic esters (lactones) is 1. The van der Waals surface area contributed by atoms with Crippen molar-refractivity contribution in [3.63, 3.8) is 0 Å². The van der Waals surface area contributed by atoms with E-state index >= 15 is 0 Å². The Morgan fingerprint density at radius 2 is 1.91 bits per heavy atom. The summed E-state index contributed by atoms with van der Waals surface area (Å²) in [7, 11) is 0. The number of pyridine rings is 1. The van der Waals surface area contributed by atoms with Crippen LogP contribution in [0.3, 0.4) is 0 Å². The predicted octanol–water partition coefficient (Wildman–Crippen LogP) is 4.34. The van der Waals surface area contributed by atoms with Crippen molar-refractivity contribution in [2.24, 2.45) is 0 Å². The highest BCUT2D eigenvalue weighted by atomic mass is 16.6. The molecule has 0 N–H and O–H groups in total. The summed E-state index contributed by atoms with van der Waals surface area (Å²) in [6.07, 6.45) is 9.95. The number of aromatic nitrogens is 1. The summed E-state index contributed by atoms with van der Waals surface area (Å²) in [5, 5.41) is 0. The topological polar surface area (TPSA) is 89.0 Å². The molecule has 1 aliphatic carbocycles. The van der Waals surface area contributed by atoms with Gasteiger partial charge in [-0.05, 0) is 49.3 Å². The molecule has 5 rings (SSSR count). The summed E-state index contributed by atoms with van der Waals surface area (Å²) in [5.41, 5.74) is 1.80. The highest BCUT2D eigenvalue weighted by Gasteiger charge is 2.58. The first-order valence-electron chi connectivity index (χ1n) is 11.7. The minimum Gasteiger partial charge on any atom is -0.447 e. The number of nitrogens with zero attached hydrogens (tertiary/aromatic N) is 3. The van der Waals surface area contributed by atoms with Crippen molar-refractivity contribution in [2.45, 2.75) is 56.3 Å². The number of hydrogen-bond acceptors (Lipinski definition) is 6. The maximum atomic E-state index is 13.3. The number of likely N-dealkylation sites (tertiary alicyclic amines) is 1. The van der Waals surface area contributed by atoms with Crippen LogP contribution in [0.2, 0.25) is 0 Å². The molecular formula is C26H27N3O5. The number of carbonyl (C=O) groups excluding carboxylic acids is 3. The summed E-state index contributed by atoms with van der Waals surface area (Å²) in [4.78, 5) is 45.7. The van der Waals surface area contributed by atoms with Gasteiger partial charge in [-0.15, -0.1) is 0 Å². The Labute approximate surface area is 198 Å². The van der Waals surface area contributed by atoms with Gasteiger partial charge in [0.2, 0.25) is 0 Å². The molecule has 8 nitrogen and oxygen atoms in total. The zero-order chi connectivity index (χ0) is 23.5. The number of benzene rings is 1. The second-order valence-electron chi connectivity index (χ2n) is 8.85. The second kappa shape index (κ2) is 9.67. The van der Waals surface area contributed by atoms with Crippen LogP contribution in [0.5, 0.6) is 0 Å². The number of rotatable bonds is 6. The fourth-order valence-electron chi connectivity index (χ4n) is 4.99. The Hall–Kier alpha value is -3.68. The minimum atomic E-state index is -0.796. The van der Waals surface area contributed by atoms with Crippen molar-refractivity contribution >= 4 is 24.2 Å². The number of carbonyl (C=O) groups is 3. The van der Waals surface area contributed by atoms with Crippen LogP contribution in [0.15, 0.2) is 60.9 Å². The molecule has 34 heavy (non-hydrogen) atoms. The zero-order valence-corrected chi connectivity index (χ0v) is 18.8. The van der Waals surface area contributed by atoms with E-state index in [1.54, 1.807) is 12.4 Å². The molecule has 8 heteroatoms. The maximum Gasteiger partial charge on any atom is 0.417 e. The van der Waals surface area contributed by atoms with E-state index in [0.717, 1.165) is 36.8 Å². The highest BCUT2D eigenvalue weighted by Crippen LogP contribution is 2.38. The Kier molecular flexibility index (Phi) is 6.29. The van der Waals surface area contributed by atoms with Gasteiger partial charge in [0.05, 0.1) is 12.1 Å². The van der Waals surface area contributed by atoms with E-state index in [2.05, 4.69) is 4.98 Å². The molecule has 1 aromatic heterocycles. The van der Waals surface area contributed by atoms with Crippen LogP contribution in [0.4, 0.5) is 9.59 Å². The summed E-state index contributed by atoms with van der Waals surface area (Å²) >= 11 is 0. The number of amides is 3. The third kappa shape index (κ3) is 4.27. The van der Waals surface area contributed by atoms with Gasteiger partial charge < -0.3 is 9.47 Å². The summed E-state index contributed by atoms with van der Waals surface area (Å²) in [6.45, 7) is 0.164. The third-order valence-corrected chi connectivity index (χ3v) is 6.72. The number of β-lactam (4-membered cyclic amide) rings is 1. The van der Waals surface area contributed by atoms with Gasteiger partial charge >= 0.3 is 12.2 Å². The van der Waals surface area contributed by atoms with E-state index in [9.17, 15) is 14.4 Å². The lowest BCUT2D eigenvalue weighted by Crippen LogP contribution is -2.72. The zero-order valence-electron chi connectivity index (χ0n) is 18.8. The molecule has 0 bridgehead atoms. The van der Waals surface area contributed by atoms with Crippen LogP contribution in [0.1, 0.15) is 49.3 Å². The molecule has 3 fully saturated rings. The third-order valence-electron chi connectivity index (χ3n) is 6.72. The van der Waals surface area contributed by atoms with Crippen molar-refractivity contribution in [1.82, 2.24) is 14.8 Å². The van der Waals surface area contributed by atoms with Crippen LogP contribution in [0, 0.1) is 0 Å². The number of ether oxygens (including phenoxy) is 2. The lowest BCUT2D eigenvalue weighted by molar-refractivity contribution is -0.154. The smallest absolute Gasteiger partial charge is 0.417 e. The average molecular weight is 462 g/mol. The Balaban J connectivity index is 1.38. The van der Waals surface area contributed by atoms with E-state index in [1.807, 2.05) is 54.6 Å². The number of hydrogen-bond donors (Lipinski definition) is 0. The standard InChI is InChI=1S/C26H27N3O5/c30-24-23(28-22(17-33-25(28)31)19-10-2-1-3-11-19)21(14-6-8-18-9-7-15-27-16-18)29(24)26(32)34-20-12-4-5-13-20/h1-3,6-11,15-16,20-23H,4-5,12-14,17H2/b8-6+/t21-,22-,23-/m1/s1. The first kappa shape index (κ1) is 22.1. The second-order valence-corrected chi connectivity index (χ2v) is 8.85. The monoisotopic (exact) mass is 461 g/mol. The van der Waals surface area contributed by atoms with Crippen molar-refractivity contribution in [1.29, 1.82) is 0 Å². The van der Waals surface area contributed by atoms with Gasteiger partial charge in [-0.2, -0.15) is 0 Å². The Morgan fingerprint density at radius 1 is 1.12 bits per heavy atom. The van der Waals surface area contributed by atoms with Crippen LogP contribution in [0.25, 0.3) is 6.08 Å². The SMILES string of the molecule is O=C(OC1CCCC1)N1C(=O)[C@H](N2C(=O)OC[C@@H]2c2ccccc2)[C@H]1C/C=C/c1cccnc1. The molecule has 0 radical (unpaired) electrons. The lowest BCUT2D eigenvalue weighted by Gasteiger charge is -2.48. The Bertz CT molecular complexity index is 1070.